The van der Waals surface area contributed by atoms with Crippen LogP contribution >= 0.6 is 34.5 Å². The summed E-state index contributed by atoms with van der Waals surface area (Å²) < 4.78 is 19.7. The number of esters is 1. The van der Waals surface area contributed by atoms with Crippen LogP contribution in [0.5, 0.6) is 0 Å². The Labute approximate surface area is 188 Å². The van der Waals surface area contributed by atoms with Crippen molar-refractivity contribution in [2.75, 3.05) is 24.6 Å². The van der Waals surface area contributed by atoms with Crippen LogP contribution in [-0.4, -0.2) is 47.6 Å². The number of ketones is 1. The first-order chi connectivity index (χ1) is 14.3. The van der Waals surface area contributed by atoms with E-state index in [1.54, 1.807) is 19.2 Å². The summed E-state index contributed by atoms with van der Waals surface area (Å²) in [6.45, 7) is 4.66. The maximum absolute atomic E-state index is 14.8. The van der Waals surface area contributed by atoms with Gasteiger partial charge in [0, 0.05) is 24.0 Å². The average Bonchev–Trinajstić information content (AvgIpc) is 3.31. The van der Waals surface area contributed by atoms with E-state index in [0.29, 0.717) is 47.3 Å². The Bertz CT molecular complexity index is 917. The molecule has 0 aliphatic carbocycles. The lowest BCUT2D eigenvalue weighted by atomic mass is 9.89. The molecule has 30 heavy (non-hydrogen) atoms. The summed E-state index contributed by atoms with van der Waals surface area (Å²) in [4.78, 5) is 33.2. The molecule has 164 valence electrons. The van der Waals surface area contributed by atoms with Gasteiger partial charge in [0.05, 0.1) is 23.2 Å². The molecule has 0 amide bonds. The number of alkyl halides is 1. The number of hydrogen-bond donors (Lipinski definition) is 1. The molecule has 10 heteroatoms. The minimum Gasteiger partial charge on any atom is -0.461 e. The zero-order valence-corrected chi connectivity index (χ0v) is 19.2. The first kappa shape index (κ1) is 23.0. The van der Waals surface area contributed by atoms with E-state index in [9.17, 15) is 14.0 Å². The molecule has 6 nitrogen and oxygen atoms in total. The Balaban J connectivity index is 1.48. The molecule has 3 rings (SSSR count). The molecule has 0 saturated carbocycles. The lowest BCUT2D eigenvalue weighted by Gasteiger charge is -2.34. The largest absolute Gasteiger partial charge is 0.461 e. The summed E-state index contributed by atoms with van der Waals surface area (Å²) >= 11 is 13.4. The van der Waals surface area contributed by atoms with Crippen LogP contribution in [0.3, 0.4) is 0 Å². The first-order valence-corrected chi connectivity index (χ1v) is 11.5. The molecule has 1 N–H and O–H groups in total. The van der Waals surface area contributed by atoms with E-state index in [4.69, 9.17) is 27.9 Å². The molecule has 1 aliphatic rings. The number of nitrogens with one attached hydrogen (secondary N) is 1. The molecular formula is C20H24Cl2FN3O3S. The SMILES string of the molecule is CCOC(=O)c1csc(N2CCC(CCCC(=O)c3[nH]c(C)c(Cl)c3Cl)[C@H](F)C2)n1. The molecule has 0 aromatic carbocycles. The van der Waals surface area contributed by atoms with Crippen LogP contribution in [0, 0.1) is 12.8 Å². The van der Waals surface area contributed by atoms with E-state index in [-0.39, 0.29) is 42.0 Å². The second-order valence-corrected chi connectivity index (χ2v) is 8.91. The smallest absolute Gasteiger partial charge is 0.357 e. The quantitative estimate of drug-likeness (QED) is 0.403. The second kappa shape index (κ2) is 10.1. The van der Waals surface area contributed by atoms with Crippen LogP contribution in [-0.2, 0) is 4.74 Å². The van der Waals surface area contributed by atoms with Gasteiger partial charge < -0.3 is 14.6 Å². The molecule has 0 radical (unpaired) electrons. The molecule has 2 atom stereocenters. The van der Waals surface area contributed by atoms with Gasteiger partial charge >= 0.3 is 5.97 Å². The summed E-state index contributed by atoms with van der Waals surface area (Å²) in [5.74, 6) is -0.685. The highest BCUT2D eigenvalue weighted by Gasteiger charge is 2.31. The van der Waals surface area contributed by atoms with Gasteiger partial charge in [0.2, 0.25) is 0 Å². The second-order valence-electron chi connectivity index (χ2n) is 7.31. The summed E-state index contributed by atoms with van der Waals surface area (Å²) in [6.07, 6.45) is 1.14. The lowest BCUT2D eigenvalue weighted by molar-refractivity contribution is 0.0520. The van der Waals surface area contributed by atoms with Crippen LogP contribution in [0.25, 0.3) is 0 Å². The third-order valence-corrected chi connectivity index (χ3v) is 7.08. The van der Waals surface area contributed by atoms with Crippen molar-refractivity contribution in [3.63, 3.8) is 0 Å². The fourth-order valence-corrected chi connectivity index (χ4v) is 4.84. The molecule has 0 spiro atoms. The lowest BCUT2D eigenvalue weighted by Crippen LogP contribution is -2.41. The third kappa shape index (κ3) is 5.15. The number of carbonyl (C=O) groups excluding carboxylic acids is 2. The fraction of sp³-hybridized carbons (Fsp3) is 0.550. The van der Waals surface area contributed by atoms with Crippen molar-refractivity contribution in [2.24, 2.45) is 5.92 Å². The van der Waals surface area contributed by atoms with Gasteiger partial charge in [0.1, 0.15) is 11.9 Å². The molecular weight excluding hydrogens is 452 g/mol. The van der Waals surface area contributed by atoms with E-state index >= 15 is 0 Å². The van der Waals surface area contributed by atoms with Crippen molar-refractivity contribution in [1.82, 2.24) is 9.97 Å². The van der Waals surface area contributed by atoms with Gasteiger partial charge in [0.25, 0.3) is 0 Å². The standard InChI is InChI=1S/C20H24Cl2FN3O3S/c1-3-29-19(28)14-10-30-20(25-14)26-8-7-12(13(23)9-26)5-4-6-15(27)18-17(22)16(21)11(2)24-18/h10,12-13,24H,3-9H2,1-2H3/t12?,13-/m1/s1. The molecule has 3 heterocycles. The number of H-pyrrole nitrogens is 1. The number of halogens is 3. The number of piperidine rings is 1. The van der Waals surface area contributed by atoms with Crippen LogP contribution in [0.1, 0.15) is 59.3 Å². The Kier molecular flexibility index (Phi) is 7.76. The minimum absolute atomic E-state index is 0.108. The van der Waals surface area contributed by atoms with Crippen LogP contribution in [0.2, 0.25) is 10.0 Å². The number of aromatic nitrogens is 2. The van der Waals surface area contributed by atoms with E-state index < -0.39 is 12.1 Å². The number of rotatable bonds is 8. The van der Waals surface area contributed by atoms with Crippen LogP contribution in [0.4, 0.5) is 9.52 Å². The number of nitrogens with zero attached hydrogens (tertiary/aromatic N) is 2. The number of ether oxygens (including phenoxy) is 1. The van der Waals surface area contributed by atoms with Crippen molar-refractivity contribution < 1.29 is 18.7 Å². The Hall–Kier alpha value is -1.64. The summed E-state index contributed by atoms with van der Waals surface area (Å²) in [6, 6.07) is 0. The number of hydrogen-bond acceptors (Lipinski definition) is 6. The highest BCUT2D eigenvalue weighted by Crippen LogP contribution is 2.32. The van der Waals surface area contributed by atoms with E-state index in [1.807, 2.05) is 4.90 Å². The third-order valence-electron chi connectivity index (χ3n) is 5.23. The van der Waals surface area contributed by atoms with Gasteiger partial charge in [-0.3, -0.25) is 4.79 Å². The highest BCUT2D eigenvalue weighted by molar-refractivity contribution is 7.13. The van der Waals surface area contributed by atoms with Gasteiger partial charge in [-0.15, -0.1) is 11.3 Å². The highest BCUT2D eigenvalue weighted by atomic mass is 35.5. The van der Waals surface area contributed by atoms with Gasteiger partial charge in [-0.25, -0.2) is 14.2 Å². The van der Waals surface area contributed by atoms with Gasteiger partial charge in [-0.2, -0.15) is 0 Å². The molecule has 1 saturated heterocycles. The maximum atomic E-state index is 14.8. The molecule has 1 unspecified atom stereocenters. The topological polar surface area (TPSA) is 75.3 Å². The number of aryl methyl sites for hydroxylation is 1. The molecule has 0 bridgehead atoms. The van der Waals surface area contributed by atoms with Crippen molar-refractivity contribution >= 4 is 51.4 Å². The zero-order chi connectivity index (χ0) is 21.8. The zero-order valence-electron chi connectivity index (χ0n) is 16.8. The summed E-state index contributed by atoms with van der Waals surface area (Å²) in [5.41, 5.74) is 1.24. The van der Waals surface area contributed by atoms with E-state index in [0.717, 1.165) is 0 Å². The molecule has 1 fully saturated rings. The fourth-order valence-electron chi connectivity index (χ4n) is 3.57. The van der Waals surface area contributed by atoms with E-state index in [2.05, 4.69) is 9.97 Å². The number of anilines is 1. The molecule has 2 aromatic heterocycles. The number of carbonyl (C=O) groups is 2. The number of aromatic amines is 1. The number of thiazole rings is 1. The summed E-state index contributed by atoms with van der Waals surface area (Å²) in [7, 11) is 0. The van der Waals surface area contributed by atoms with Crippen molar-refractivity contribution in [3.8, 4) is 0 Å². The Morgan fingerprint density at radius 1 is 1.40 bits per heavy atom. The predicted molar refractivity (Wildman–Crippen MR) is 117 cm³/mol. The number of Topliss-reactive ketones (excluding diaryl/α,β-unsaturated/α-hetero) is 1. The van der Waals surface area contributed by atoms with Crippen molar-refractivity contribution in [1.29, 1.82) is 0 Å². The Morgan fingerprint density at radius 3 is 2.80 bits per heavy atom. The molecule has 2 aromatic rings. The maximum Gasteiger partial charge on any atom is 0.357 e. The molecule has 1 aliphatic heterocycles. The normalized spacial score (nSPS) is 19.2. The Morgan fingerprint density at radius 2 is 2.17 bits per heavy atom. The van der Waals surface area contributed by atoms with Crippen LogP contribution < -0.4 is 4.90 Å². The average molecular weight is 476 g/mol. The monoisotopic (exact) mass is 475 g/mol. The van der Waals surface area contributed by atoms with Crippen LogP contribution in [0.15, 0.2) is 5.38 Å². The van der Waals surface area contributed by atoms with Crippen molar-refractivity contribution in [3.05, 3.63) is 32.5 Å². The van der Waals surface area contributed by atoms with E-state index in [1.165, 1.54) is 11.3 Å². The van der Waals surface area contributed by atoms with Crippen molar-refractivity contribution in [2.45, 2.75) is 45.7 Å². The first-order valence-electron chi connectivity index (χ1n) is 9.90. The van der Waals surface area contributed by atoms with Gasteiger partial charge in [0.15, 0.2) is 16.6 Å². The van der Waals surface area contributed by atoms with Gasteiger partial charge in [-0.1, -0.05) is 23.2 Å². The summed E-state index contributed by atoms with van der Waals surface area (Å²) in [5, 5.41) is 2.88. The predicted octanol–water partition coefficient (Wildman–Crippen LogP) is 5.48. The van der Waals surface area contributed by atoms with Gasteiger partial charge in [-0.05, 0) is 39.0 Å². The minimum atomic E-state index is -1.02.